The standard InChI is InChI=1S/C8H5F5N2O/c9-3-1-4(10)6(5(14)2-3)15-7(16)8(11,12)13/h1-2H,14H2,(H,15,16). The largest absolute Gasteiger partial charge is 0.471 e. The molecule has 3 nitrogen and oxygen atoms in total. The monoisotopic (exact) mass is 240 g/mol. The lowest BCUT2D eigenvalue weighted by Gasteiger charge is -2.10. The minimum atomic E-state index is -5.17. The van der Waals surface area contributed by atoms with Crippen LogP contribution in [0.15, 0.2) is 12.1 Å². The fourth-order valence-electron chi connectivity index (χ4n) is 0.910. The third-order valence-electron chi connectivity index (χ3n) is 1.58. The second-order valence-electron chi connectivity index (χ2n) is 2.80. The molecular weight excluding hydrogens is 235 g/mol. The lowest BCUT2D eigenvalue weighted by molar-refractivity contribution is -0.167. The summed E-state index contributed by atoms with van der Waals surface area (Å²) in [7, 11) is 0. The molecule has 1 rings (SSSR count). The Hall–Kier alpha value is -1.86. The quantitative estimate of drug-likeness (QED) is 0.583. The number of amides is 1. The van der Waals surface area contributed by atoms with Gasteiger partial charge in [0.05, 0.1) is 5.69 Å². The molecule has 3 N–H and O–H groups in total. The number of hydrogen-bond acceptors (Lipinski definition) is 2. The molecule has 0 heterocycles. The van der Waals surface area contributed by atoms with Gasteiger partial charge in [-0.2, -0.15) is 13.2 Å². The second-order valence-corrected chi connectivity index (χ2v) is 2.80. The molecule has 1 amide bonds. The molecule has 0 atom stereocenters. The van der Waals surface area contributed by atoms with Gasteiger partial charge in [0.2, 0.25) is 0 Å². The Bertz CT molecular complexity index is 406. The second kappa shape index (κ2) is 3.95. The molecule has 0 aliphatic carbocycles. The van der Waals surface area contributed by atoms with E-state index in [1.165, 1.54) is 5.32 Å². The molecule has 0 saturated carbocycles. The maximum atomic E-state index is 13.0. The van der Waals surface area contributed by atoms with E-state index in [0.717, 1.165) is 0 Å². The Balaban J connectivity index is 3.03. The van der Waals surface area contributed by atoms with E-state index in [1.807, 2.05) is 0 Å². The molecule has 1 aromatic rings. The van der Waals surface area contributed by atoms with Crippen molar-refractivity contribution in [2.45, 2.75) is 6.18 Å². The van der Waals surface area contributed by atoms with Crippen LogP contribution in [0, 0.1) is 11.6 Å². The summed E-state index contributed by atoms with van der Waals surface area (Å²) in [5.74, 6) is -4.82. The van der Waals surface area contributed by atoms with Crippen molar-refractivity contribution < 1.29 is 26.7 Å². The van der Waals surface area contributed by atoms with Crippen LogP contribution in [0.25, 0.3) is 0 Å². The predicted octanol–water partition coefficient (Wildman–Crippen LogP) is 2.05. The van der Waals surface area contributed by atoms with E-state index in [4.69, 9.17) is 5.73 Å². The van der Waals surface area contributed by atoms with Gasteiger partial charge in [-0.15, -0.1) is 0 Å². The first-order valence-corrected chi connectivity index (χ1v) is 3.84. The number of nitrogens with one attached hydrogen (secondary N) is 1. The molecule has 0 aliphatic rings. The van der Waals surface area contributed by atoms with Gasteiger partial charge in [-0.05, 0) is 6.07 Å². The highest BCUT2D eigenvalue weighted by Crippen LogP contribution is 2.26. The van der Waals surface area contributed by atoms with E-state index in [9.17, 15) is 26.7 Å². The molecule has 0 fully saturated rings. The first-order valence-electron chi connectivity index (χ1n) is 3.84. The summed E-state index contributed by atoms with van der Waals surface area (Å²) >= 11 is 0. The smallest absolute Gasteiger partial charge is 0.397 e. The molecule has 0 spiro atoms. The van der Waals surface area contributed by atoms with Crippen molar-refractivity contribution in [3.63, 3.8) is 0 Å². The number of benzene rings is 1. The van der Waals surface area contributed by atoms with Crippen molar-refractivity contribution in [2.75, 3.05) is 11.1 Å². The molecule has 0 bridgehead atoms. The van der Waals surface area contributed by atoms with E-state index < -0.39 is 35.1 Å². The number of alkyl halides is 3. The maximum Gasteiger partial charge on any atom is 0.471 e. The van der Waals surface area contributed by atoms with Crippen LogP contribution < -0.4 is 11.1 Å². The number of carbonyl (C=O) groups excluding carboxylic acids is 1. The molecule has 1 aromatic carbocycles. The average molecular weight is 240 g/mol. The van der Waals surface area contributed by atoms with Crippen LogP contribution in [-0.4, -0.2) is 12.1 Å². The van der Waals surface area contributed by atoms with Gasteiger partial charge in [-0.25, -0.2) is 8.78 Å². The number of halogens is 5. The molecule has 8 heteroatoms. The molecule has 16 heavy (non-hydrogen) atoms. The Morgan fingerprint density at radius 3 is 2.25 bits per heavy atom. The minimum absolute atomic E-state index is 0.308. The zero-order chi connectivity index (χ0) is 12.5. The minimum Gasteiger partial charge on any atom is -0.397 e. The van der Waals surface area contributed by atoms with Gasteiger partial charge in [-0.1, -0.05) is 0 Å². The fraction of sp³-hybridized carbons (Fsp3) is 0.125. The van der Waals surface area contributed by atoms with Gasteiger partial charge in [-0.3, -0.25) is 4.79 Å². The van der Waals surface area contributed by atoms with Gasteiger partial charge in [0.15, 0.2) is 5.82 Å². The van der Waals surface area contributed by atoms with Crippen molar-refractivity contribution >= 4 is 17.3 Å². The van der Waals surface area contributed by atoms with E-state index in [-0.39, 0.29) is 0 Å². The van der Waals surface area contributed by atoms with Crippen LogP contribution in [0.2, 0.25) is 0 Å². The van der Waals surface area contributed by atoms with Crippen molar-refractivity contribution in [3.05, 3.63) is 23.8 Å². The van der Waals surface area contributed by atoms with Crippen molar-refractivity contribution in [2.24, 2.45) is 0 Å². The summed E-state index contributed by atoms with van der Waals surface area (Å²) in [5.41, 5.74) is 3.52. The first-order chi connectivity index (χ1) is 7.21. The highest BCUT2D eigenvalue weighted by atomic mass is 19.4. The van der Waals surface area contributed by atoms with Crippen LogP contribution >= 0.6 is 0 Å². The maximum absolute atomic E-state index is 13.0. The number of anilines is 2. The van der Waals surface area contributed by atoms with E-state index in [2.05, 4.69) is 0 Å². The Labute approximate surface area is 86.0 Å². The van der Waals surface area contributed by atoms with Crippen LogP contribution in [0.1, 0.15) is 0 Å². The molecule has 0 radical (unpaired) electrons. The summed E-state index contributed by atoms with van der Waals surface area (Å²) < 4.78 is 61.0. The third-order valence-corrected chi connectivity index (χ3v) is 1.58. The predicted molar refractivity (Wildman–Crippen MR) is 45.5 cm³/mol. The first kappa shape index (κ1) is 12.2. The zero-order valence-electron chi connectivity index (χ0n) is 7.53. The molecule has 88 valence electrons. The third kappa shape index (κ3) is 2.59. The Morgan fingerprint density at radius 2 is 1.81 bits per heavy atom. The molecule has 0 unspecified atom stereocenters. The summed E-state index contributed by atoms with van der Waals surface area (Å²) in [6.07, 6.45) is -5.17. The fourth-order valence-corrected chi connectivity index (χ4v) is 0.910. The van der Waals surface area contributed by atoms with Gasteiger partial charge in [0.25, 0.3) is 0 Å². The van der Waals surface area contributed by atoms with Gasteiger partial charge < -0.3 is 11.1 Å². The summed E-state index contributed by atoms with van der Waals surface area (Å²) in [4.78, 5) is 10.5. The zero-order valence-corrected chi connectivity index (χ0v) is 7.53. The van der Waals surface area contributed by atoms with Crippen LogP contribution in [0.4, 0.5) is 33.3 Å². The van der Waals surface area contributed by atoms with E-state index >= 15 is 0 Å². The van der Waals surface area contributed by atoms with Gasteiger partial charge >= 0.3 is 12.1 Å². The Kier molecular flexibility index (Phi) is 3.02. The topological polar surface area (TPSA) is 55.1 Å². The summed E-state index contributed by atoms with van der Waals surface area (Å²) in [6.45, 7) is 0. The SMILES string of the molecule is Nc1cc(F)cc(F)c1NC(=O)C(F)(F)F. The molecular formula is C8H5F5N2O. The van der Waals surface area contributed by atoms with Gasteiger partial charge in [0, 0.05) is 6.07 Å². The molecule has 0 aliphatic heterocycles. The van der Waals surface area contributed by atoms with E-state index in [0.29, 0.717) is 12.1 Å². The van der Waals surface area contributed by atoms with Crippen LogP contribution in [0.5, 0.6) is 0 Å². The lowest BCUT2D eigenvalue weighted by Crippen LogP contribution is -2.30. The molecule has 0 saturated heterocycles. The lowest BCUT2D eigenvalue weighted by atomic mass is 10.2. The number of nitrogens with two attached hydrogens (primary N) is 1. The van der Waals surface area contributed by atoms with Crippen molar-refractivity contribution in [1.29, 1.82) is 0 Å². The number of rotatable bonds is 1. The highest BCUT2D eigenvalue weighted by molar-refractivity contribution is 5.97. The number of hydrogen-bond donors (Lipinski definition) is 2. The summed E-state index contributed by atoms with van der Waals surface area (Å²) in [5, 5.41) is 1.22. The number of carbonyl (C=O) groups is 1. The highest BCUT2D eigenvalue weighted by Gasteiger charge is 2.39. The van der Waals surface area contributed by atoms with Gasteiger partial charge in [0.1, 0.15) is 11.5 Å². The van der Waals surface area contributed by atoms with Crippen LogP contribution in [0.3, 0.4) is 0 Å². The van der Waals surface area contributed by atoms with Crippen LogP contribution in [-0.2, 0) is 4.79 Å². The Morgan fingerprint density at radius 1 is 1.25 bits per heavy atom. The molecule has 0 aromatic heterocycles. The normalized spacial score (nSPS) is 11.3. The number of nitrogen functional groups attached to an aromatic ring is 1. The summed E-state index contributed by atoms with van der Waals surface area (Å²) in [6, 6.07) is 0.900. The average Bonchev–Trinajstić information content (AvgIpc) is 2.08. The van der Waals surface area contributed by atoms with Crippen molar-refractivity contribution in [1.82, 2.24) is 0 Å². The van der Waals surface area contributed by atoms with E-state index in [1.54, 1.807) is 0 Å². The van der Waals surface area contributed by atoms with Crippen molar-refractivity contribution in [3.8, 4) is 0 Å².